The van der Waals surface area contributed by atoms with Crippen LogP contribution in [0.25, 0.3) is 0 Å². The van der Waals surface area contributed by atoms with Gasteiger partial charge in [-0.25, -0.2) is 0 Å². The number of hydrogen-bond acceptors (Lipinski definition) is 3. The van der Waals surface area contributed by atoms with E-state index in [2.05, 4.69) is 5.32 Å². The Balaban J connectivity index is 2.07. The summed E-state index contributed by atoms with van der Waals surface area (Å²) < 4.78 is 5.69. The van der Waals surface area contributed by atoms with E-state index in [4.69, 9.17) is 4.74 Å². The minimum Gasteiger partial charge on any atom is -0.484 e. The lowest BCUT2D eigenvalue weighted by atomic mass is 10.1. The van der Waals surface area contributed by atoms with Crippen molar-refractivity contribution in [2.24, 2.45) is 0 Å². The van der Waals surface area contributed by atoms with Gasteiger partial charge >= 0.3 is 0 Å². The summed E-state index contributed by atoms with van der Waals surface area (Å²) in [6.07, 6.45) is 1.52. The number of benzene rings is 2. The van der Waals surface area contributed by atoms with Crippen LogP contribution in [0, 0.1) is 6.92 Å². The monoisotopic (exact) mass is 396 g/mol. The Morgan fingerprint density at radius 3 is 2.45 bits per heavy atom. The molecular weight excluding hydrogens is 364 g/mol. The zero-order chi connectivity index (χ0) is 21.2. The second-order valence-corrected chi connectivity index (χ2v) is 7.42. The van der Waals surface area contributed by atoms with E-state index in [1.54, 1.807) is 11.8 Å². The van der Waals surface area contributed by atoms with Crippen molar-refractivity contribution in [3.63, 3.8) is 0 Å². The summed E-state index contributed by atoms with van der Waals surface area (Å²) in [5, 5.41) is 2.97. The molecule has 0 fully saturated rings. The zero-order valence-corrected chi connectivity index (χ0v) is 17.9. The number of hydrogen-bond donors (Lipinski definition) is 1. The SMILES string of the molecule is CC[C@H](C)NC(=O)[C@H](C)N(CCc1ccccc1)C(=O)COc1cccc(C)c1. The number of carbonyl (C=O) groups excluding carboxylic acids is 2. The lowest BCUT2D eigenvalue weighted by molar-refractivity contribution is -0.141. The Labute approximate surface area is 174 Å². The third kappa shape index (κ3) is 7.26. The first kappa shape index (κ1) is 22.5. The number of nitrogens with one attached hydrogen (secondary N) is 1. The third-order valence-electron chi connectivity index (χ3n) is 5.00. The van der Waals surface area contributed by atoms with Gasteiger partial charge in [-0.2, -0.15) is 0 Å². The normalized spacial score (nSPS) is 12.7. The number of nitrogens with zero attached hydrogens (tertiary/aromatic N) is 1. The van der Waals surface area contributed by atoms with Crippen LogP contribution in [0.2, 0.25) is 0 Å². The first-order chi connectivity index (χ1) is 13.9. The van der Waals surface area contributed by atoms with Crippen molar-refractivity contribution in [2.75, 3.05) is 13.2 Å². The molecule has 156 valence electrons. The van der Waals surface area contributed by atoms with Crippen molar-refractivity contribution in [3.05, 3.63) is 65.7 Å². The Hall–Kier alpha value is -2.82. The van der Waals surface area contributed by atoms with Gasteiger partial charge in [0.15, 0.2) is 6.61 Å². The van der Waals surface area contributed by atoms with Gasteiger partial charge in [0.25, 0.3) is 5.91 Å². The molecule has 0 aliphatic carbocycles. The number of amides is 2. The molecule has 0 saturated heterocycles. The highest BCUT2D eigenvalue weighted by Crippen LogP contribution is 2.13. The second-order valence-electron chi connectivity index (χ2n) is 7.42. The van der Waals surface area contributed by atoms with E-state index in [1.807, 2.05) is 75.4 Å². The molecule has 0 radical (unpaired) electrons. The quantitative estimate of drug-likeness (QED) is 0.665. The van der Waals surface area contributed by atoms with Gasteiger partial charge in [-0.3, -0.25) is 9.59 Å². The Morgan fingerprint density at radius 1 is 1.07 bits per heavy atom. The van der Waals surface area contributed by atoms with E-state index >= 15 is 0 Å². The lowest BCUT2D eigenvalue weighted by Gasteiger charge is -2.29. The van der Waals surface area contributed by atoms with Gasteiger partial charge in [-0.1, -0.05) is 49.4 Å². The van der Waals surface area contributed by atoms with Crippen molar-refractivity contribution in [1.29, 1.82) is 0 Å². The number of carbonyl (C=O) groups is 2. The van der Waals surface area contributed by atoms with Gasteiger partial charge in [-0.15, -0.1) is 0 Å². The summed E-state index contributed by atoms with van der Waals surface area (Å²) in [6, 6.07) is 17.0. The van der Waals surface area contributed by atoms with Crippen molar-refractivity contribution in [3.8, 4) is 5.75 Å². The highest BCUT2D eigenvalue weighted by Gasteiger charge is 2.26. The zero-order valence-electron chi connectivity index (χ0n) is 17.9. The molecule has 2 amide bonds. The molecule has 29 heavy (non-hydrogen) atoms. The molecule has 0 spiro atoms. The van der Waals surface area contributed by atoms with Crippen LogP contribution in [-0.2, 0) is 16.0 Å². The molecular formula is C24H32N2O3. The molecule has 0 aliphatic heterocycles. The van der Waals surface area contributed by atoms with Crippen LogP contribution in [0.4, 0.5) is 0 Å². The van der Waals surface area contributed by atoms with Crippen molar-refractivity contribution < 1.29 is 14.3 Å². The highest BCUT2D eigenvalue weighted by molar-refractivity contribution is 5.88. The average molecular weight is 397 g/mol. The predicted octanol–water partition coefficient (Wildman–Crippen LogP) is 3.75. The Bertz CT molecular complexity index is 792. The first-order valence-corrected chi connectivity index (χ1v) is 10.2. The van der Waals surface area contributed by atoms with Crippen molar-refractivity contribution in [1.82, 2.24) is 10.2 Å². The topological polar surface area (TPSA) is 58.6 Å². The van der Waals surface area contributed by atoms with Crippen LogP contribution in [-0.4, -0.2) is 41.9 Å². The molecule has 2 rings (SSSR count). The van der Waals surface area contributed by atoms with Gasteiger partial charge in [-0.05, 0) is 56.9 Å². The molecule has 0 heterocycles. The van der Waals surface area contributed by atoms with E-state index in [0.29, 0.717) is 18.7 Å². The summed E-state index contributed by atoms with van der Waals surface area (Å²) >= 11 is 0. The fraction of sp³-hybridized carbons (Fsp3) is 0.417. The Kier molecular flexibility index (Phi) is 8.71. The average Bonchev–Trinajstić information content (AvgIpc) is 2.72. The fourth-order valence-electron chi connectivity index (χ4n) is 2.97. The summed E-state index contributed by atoms with van der Waals surface area (Å²) in [4.78, 5) is 27.2. The van der Waals surface area contributed by atoms with Crippen LogP contribution in [0.5, 0.6) is 5.75 Å². The maximum atomic E-state index is 12.9. The van der Waals surface area contributed by atoms with Gasteiger partial charge in [0.1, 0.15) is 11.8 Å². The molecule has 2 aromatic carbocycles. The van der Waals surface area contributed by atoms with E-state index < -0.39 is 6.04 Å². The molecule has 2 aromatic rings. The molecule has 0 saturated carbocycles. The molecule has 0 bridgehead atoms. The summed E-state index contributed by atoms with van der Waals surface area (Å²) in [6.45, 7) is 8.08. The third-order valence-corrected chi connectivity index (χ3v) is 5.00. The minimum atomic E-state index is -0.568. The number of ether oxygens (including phenoxy) is 1. The highest BCUT2D eigenvalue weighted by atomic mass is 16.5. The van der Waals surface area contributed by atoms with Crippen LogP contribution in [0.1, 0.15) is 38.3 Å². The summed E-state index contributed by atoms with van der Waals surface area (Å²) in [5.74, 6) is 0.309. The molecule has 5 heteroatoms. The molecule has 0 aliphatic rings. The lowest BCUT2D eigenvalue weighted by Crippen LogP contribution is -2.51. The van der Waals surface area contributed by atoms with E-state index in [9.17, 15) is 9.59 Å². The van der Waals surface area contributed by atoms with Gasteiger partial charge in [0, 0.05) is 12.6 Å². The van der Waals surface area contributed by atoms with Crippen LogP contribution < -0.4 is 10.1 Å². The van der Waals surface area contributed by atoms with Crippen molar-refractivity contribution >= 4 is 11.8 Å². The standard InChI is InChI=1S/C24H32N2O3/c1-5-19(3)25-24(28)20(4)26(15-14-21-11-7-6-8-12-21)23(27)17-29-22-13-9-10-18(2)16-22/h6-13,16,19-20H,5,14-15,17H2,1-4H3,(H,25,28)/t19-,20-/m0/s1. The fourth-order valence-corrected chi connectivity index (χ4v) is 2.97. The van der Waals surface area contributed by atoms with Crippen LogP contribution in [0.3, 0.4) is 0 Å². The number of rotatable bonds is 10. The smallest absolute Gasteiger partial charge is 0.261 e. The predicted molar refractivity (Wildman–Crippen MR) is 116 cm³/mol. The van der Waals surface area contributed by atoms with Crippen LogP contribution in [0.15, 0.2) is 54.6 Å². The molecule has 2 atom stereocenters. The number of aryl methyl sites for hydroxylation is 1. The molecule has 5 nitrogen and oxygen atoms in total. The largest absolute Gasteiger partial charge is 0.484 e. The minimum absolute atomic E-state index is 0.0690. The van der Waals surface area contributed by atoms with E-state index in [1.165, 1.54) is 0 Å². The van der Waals surface area contributed by atoms with Gasteiger partial charge < -0.3 is 15.0 Å². The summed E-state index contributed by atoms with van der Waals surface area (Å²) in [5.41, 5.74) is 2.19. The van der Waals surface area contributed by atoms with E-state index in [0.717, 1.165) is 17.5 Å². The van der Waals surface area contributed by atoms with Gasteiger partial charge in [0.2, 0.25) is 5.91 Å². The molecule has 0 unspecified atom stereocenters. The van der Waals surface area contributed by atoms with Crippen LogP contribution >= 0.6 is 0 Å². The Morgan fingerprint density at radius 2 is 1.79 bits per heavy atom. The summed E-state index contributed by atoms with van der Waals surface area (Å²) in [7, 11) is 0. The van der Waals surface area contributed by atoms with Crippen molar-refractivity contribution in [2.45, 2.75) is 52.6 Å². The molecule has 0 aromatic heterocycles. The maximum absolute atomic E-state index is 12.9. The van der Waals surface area contributed by atoms with E-state index in [-0.39, 0.29) is 24.5 Å². The first-order valence-electron chi connectivity index (χ1n) is 10.2. The van der Waals surface area contributed by atoms with Gasteiger partial charge in [0.05, 0.1) is 0 Å². The molecule has 1 N–H and O–H groups in total. The second kappa shape index (κ2) is 11.2. The maximum Gasteiger partial charge on any atom is 0.261 e.